The van der Waals surface area contributed by atoms with Gasteiger partial charge >= 0.3 is 5.69 Å². The van der Waals surface area contributed by atoms with E-state index in [4.69, 9.17) is 27.9 Å². The lowest BCUT2D eigenvalue weighted by molar-refractivity contribution is 0.306. The molecule has 3 aromatic carbocycles. The molecular formula is C23H17Cl2N3O3. The molecule has 0 saturated carbocycles. The number of ether oxygens (including phenoxy) is 1. The molecule has 1 heterocycles. The summed E-state index contributed by atoms with van der Waals surface area (Å²) in [5.74, 6) is 0.350. The summed E-state index contributed by atoms with van der Waals surface area (Å²) in [4.78, 5) is 27.4. The van der Waals surface area contributed by atoms with Crippen molar-refractivity contribution >= 4 is 40.3 Å². The van der Waals surface area contributed by atoms with E-state index in [0.29, 0.717) is 38.9 Å². The summed E-state index contributed by atoms with van der Waals surface area (Å²) in [6.45, 7) is 2.32. The van der Waals surface area contributed by atoms with Crippen molar-refractivity contribution in [3.63, 3.8) is 0 Å². The van der Waals surface area contributed by atoms with Crippen molar-refractivity contribution in [3.05, 3.63) is 108 Å². The van der Waals surface area contributed by atoms with Crippen LogP contribution in [-0.2, 0) is 6.61 Å². The van der Waals surface area contributed by atoms with Gasteiger partial charge in [0.2, 0.25) is 0 Å². The van der Waals surface area contributed by atoms with Crippen LogP contribution in [0.1, 0.15) is 16.7 Å². The predicted molar refractivity (Wildman–Crippen MR) is 124 cm³/mol. The number of para-hydroxylation sites is 1. The summed E-state index contributed by atoms with van der Waals surface area (Å²) < 4.78 is 6.55. The van der Waals surface area contributed by atoms with E-state index in [2.05, 4.69) is 10.1 Å². The van der Waals surface area contributed by atoms with Crippen molar-refractivity contribution in [2.75, 3.05) is 0 Å². The summed E-state index contributed by atoms with van der Waals surface area (Å²) in [5.41, 5.74) is 1.92. The Labute approximate surface area is 187 Å². The summed E-state index contributed by atoms with van der Waals surface area (Å²) in [6.07, 6.45) is 1.34. The Bertz CT molecular complexity index is 1400. The van der Waals surface area contributed by atoms with Crippen molar-refractivity contribution in [2.24, 2.45) is 5.10 Å². The first-order chi connectivity index (χ1) is 14.9. The van der Waals surface area contributed by atoms with Gasteiger partial charge in [-0.2, -0.15) is 5.10 Å². The second kappa shape index (κ2) is 8.79. The van der Waals surface area contributed by atoms with Gasteiger partial charge in [-0.1, -0.05) is 65.2 Å². The van der Waals surface area contributed by atoms with Gasteiger partial charge in [0.1, 0.15) is 6.61 Å². The molecule has 0 aliphatic rings. The van der Waals surface area contributed by atoms with Crippen molar-refractivity contribution in [3.8, 4) is 5.75 Å². The number of aromatic nitrogens is 2. The molecule has 4 aromatic rings. The number of rotatable bonds is 5. The Hall–Kier alpha value is -3.35. The minimum Gasteiger partial charge on any atom is -0.486 e. The van der Waals surface area contributed by atoms with Crippen molar-refractivity contribution in [2.45, 2.75) is 13.5 Å². The molecule has 1 aromatic heterocycles. The Morgan fingerprint density at radius 3 is 2.52 bits per heavy atom. The fourth-order valence-electron chi connectivity index (χ4n) is 3.13. The number of nitrogens with zero attached hydrogens (tertiary/aromatic N) is 2. The second-order valence-corrected chi connectivity index (χ2v) is 7.74. The largest absolute Gasteiger partial charge is 0.486 e. The average molecular weight is 454 g/mol. The van der Waals surface area contributed by atoms with Crippen molar-refractivity contribution < 1.29 is 4.74 Å². The predicted octanol–water partition coefficient (Wildman–Crippen LogP) is 4.77. The first kappa shape index (κ1) is 20.9. The lowest BCUT2D eigenvalue weighted by atomic mass is 10.1. The Morgan fingerprint density at radius 2 is 1.77 bits per heavy atom. The van der Waals surface area contributed by atoms with Crippen LogP contribution in [0.4, 0.5) is 0 Å². The monoisotopic (exact) mass is 453 g/mol. The highest BCUT2D eigenvalue weighted by molar-refractivity contribution is 6.37. The highest BCUT2D eigenvalue weighted by Crippen LogP contribution is 2.34. The minimum absolute atomic E-state index is 0.293. The van der Waals surface area contributed by atoms with Crippen LogP contribution in [0.15, 0.2) is 75.4 Å². The van der Waals surface area contributed by atoms with Crippen LogP contribution in [0.3, 0.4) is 0 Å². The quantitative estimate of drug-likeness (QED) is 0.442. The molecule has 0 aliphatic carbocycles. The molecule has 8 heteroatoms. The number of hydrogen-bond donors (Lipinski definition) is 1. The van der Waals surface area contributed by atoms with Gasteiger partial charge in [0.05, 0.1) is 27.2 Å². The van der Waals surface area contributed by atoms with Gasteiger partial charge in [-0.25, -0.2) is 4.79 Å². The number of H-pyrrole nitrogens is 1. The molecule has 0 unspecified atom stereocenters. The van der Waals surface area contributed by atoms with E-state index in [1.807, 2.05) is 31.2 Å². The van der Waals surface area contributed by atoms with Crippen LogP contribution in [0, 0.1) is 6.92 Å². The van der Waals surface area contributed by atoms with Gasteiger partial charge in [-0.05, 0) is 42.3 Å². The summed E-state index contributed by atoms with van der Waals surface area (Å²) in [5, 5.41) is 4.96. The van der Waals surface area contributed by atoms with E-state index >= 15 is 0 Å². The second-order valence-electron chi connectivity index (χ2n) is 6.93. The lowest BCUT2D eigenvalue weighted by Gasteiger charge is -2.11. The molecule has 0 fully saturated rings. The number of fused-ring (bicyclic) bond motifs is 1. The van der Waals surface area contributed by atoms with Gasteiger partial charge in [-0.15, -0.1) is 4.68 Å². The van der Waals surface area contributed by atoms with Crippen molar-refractivity contribution in [1.29, 1.82) is 0 Å². The zero-order valence-corrected chi connectivity index (χ0v) is 17.9. The van der Waals surface area contributed by atoms with E-state index in [1.54, 1.807) is 36.4 Å². The van der Waals surface area contributed by atoms with Gasteiger partial charge in [-0.3, -0.25) is 4.79 Å². The highest BCUT2D eigenvalue weighted by Gasteiger charge is 2.11. The molecule has 1 N–H and O–H groups in total. The van der Waals surface area contributed by atoms with Gasteiger partial charge in [0, 0.05) is 0 Å². The maximum atomic E-state index is 12.6. The molecule has 0 saturated heterocycles. The molecule has 0 bridgehead atoms. The van der Waals surface area contributed by atoms with Crippen LogP contribution in [0.5, 0.6) is 5.75 Å². The third kappa shape index (κ3) is 4.55. The fraction of sp³-hybridized carbons (Fsp3) is 0.0870. The van der Waals surface area contributed by atoms with Crippen LogP contribution in [0.2, 0.25) is 10.0 Å². The van der Waals surface area contributed by atoms with Crippen LogP contribution >= 0.6 is 23.2 Å². The number of benzene rings is 3. The number of aromatic amines is 1. The first-order valence-corrected chi connectivity index (χ1v) is 10.1. The molecule has 0 atom stereocenters. The molecule has 156 valence electrons. The minimum atomic E-state index is -0.643. The highest BCUT2D eigenvalue weighted by atomic mass is 35.5. The molecule has 0 spiro atoms. The maximum absolute atomic E-state index is 12.6. The van der Waals surface area contributed by atoms with E-state index in [0.717, 1.165) is 15.8 Å². The SMILES string of the molecule is Cc1cccc(COc2c(Cl)cc(C=Nn3c(=O)[nH]c4ccccc4c3=O)cc2Cl)c1. The molecule has 31 heavy (non-hydrogen) atoms. The first-order valence-electron chi connectivity index (χ1n) is 9.38. The van der Waals surface area contributed by atoms with E-state index in [-0.39, 0.29) is 0 Å². The van der Waals surface area contributed by atoms with Crippen LogP contribution < -0.4 is 16.0 Å². The Kier molecular flexibility index (Phi) is 5.93. The van der Waals surface area contributed by atoms with E-state index in [1.165, 1.54) is 6.21 Å². The summed E-state index contributed by atoms with van der Waals surface area (Å²) in [7, 11) is 0. The number of hydrogen-bond acceptors (Lipinski definition) is 4. The van der Waals surface area contributed by atoms with Crippen LogP contribution in [-0.4, -0.2) is 15.9 Å². The third-order valence-corrected chi connectivity index (χ3v) is 5.15. The van der Waals surface area contributed by atoms with Gasteiger partial charge in [0.15, 0.2) is 5.75 Å². The summed E-state index contributed by atoms with van der Waals surface area (Å²) in [6, 6.07) is 17.8. The molecule has 0 aliphatic heterocycles. The number of nitrogens with one attached hydrogen (secondary N) is 1. The summed E-state index contributed by atoms with van der Waals surface area (Å²) >= 11 is 12.7. The molecule has 0 amide bonds. The molecule has 4 rings (SSSR count). The lowest BCUT2D eigenvalue weighted by Crippen LogP contribution is -2.32. The molecule has 6 nitrogen and oxygen atoms in total. The number of aryl methyl sites for hydroxylation is 1. The normalized spacial score (nSPS) is 11.3. The Morgan fingerprint density at radius 1 is 1.03 bits per heavy atom. The maximum Gasteiger partial charge on any atom is 0.349 e. The smallest absolute Gasteiger partial charge is 0.349 e. The van der Waals surface area contributed by atoms with E-state index < -0.39 is 11.2 Å². The van der Waals surface area contributed by atoms with Crippen molar-refractivity contribution in [1.82, 2.24) is 9.66 Å². The van der Waals surface area contributed by atoms with Gasteiger partial charge < -0.3 is 9.72 Å². The molecular weight excluding hydrogens is 437 g/mol. The average Bonchev–Trinajstić information content (AvgIpc) is 2.73. The molecule has 0 radical (unpaired) electrons. The zero-order valence-electron chi connectivity index (χ0n) is 16.4. The third-order valence-electron chi connectivity index (χ3n) is 4.59. The zero-order chi connectivity index (χ0) is 22.0. The van der Waals surface area contributed by atoms with E-state index in [9.17, 15) is 9.59 Å². The number of halogens is 2. The standard InChI is InChI=1S/C23H17Cl2N3O3/c1-14-5-4-6-15(9-14)13-31-21-18(24)10-16(11-19(21)25)12-26-28-22(29)17-7-2-3-8-20(17)27-23(28)30/h2-12H,13H2,1H3,(H,27,30). The van der Waals surface area contributed by atoms with Gasteiger partial charge in [0.25, 0.3) is 5.56 Å². The topological polar surface area (TPSA) is 76.5 Å². The van der Waals surface area contributed by atoms with Crippen LogP contribution in [0.25, 0.3) is 10.9 Å². The fourth-order valence-corrected chi connectivity index (χ4v) is 3.74. The Balaban J connectivity index is 1.60.